The van der Waals surface area contributed by atoms with E-state index in [-0.39, 0.29) is 6.10 Å². The van der Waals surface area contributed by atoms with Gasteiger partial charge in [-0.2, -0.15) is 0 Å². The third-order valence-electron chi connectivity index (χ3n) is 8.35. The molecule has 3 unspecified atom stereocenters. The quantitative estimate of drug-likeness (QED) is 0.499. The Morgan fingerprint density at radius 2 is 1.89 bits per heavy atom. The summed E-state index contributed by atoms with van der Waals surface area (Å²) < 4.78 is 0. The van der Waals surface area contributed by atoms with Crippen LogP contribution in [-0.4, -0.2) is 11.2 Å². The average molecular weight is 385 g/mol. The summed E-state index contributed by atoms with van der Waals surface area (Å²) in [5, 5.41) is 10.0. The summed E-state index contributed by atoms with van der Waals surface area (Å²) >= 11 is 0. The minimum absolute atomic E-state index is 0.172. The molecule has 0 radical (unpaired) electrons. The Bertz CT molecular complexity index is 610. The molecule has 158 valence electrons. The lowest BCUT2D eigenvalue weighted by atomic mass is 9.60. The number of fused-ring (bicyclic) bond motifs is 1. The maximum atomic E-state index is 10.0. The van der Waals surface area contributed by atoms with E-state index in [1.165, 1.54) is 62.5 Å². The predicted molar refractivity (Wildman–Crippen MR) is 121 cm³/mol. The van der Waals surface area contributed by atoms with Crippen LogP contribution in [0.1, 0.15) is 98.3 Å². The molecule has 3 fully saturated rings. The number of rotatable bonds is 6. The van der Waals surface area contributed by atoms with Gasteiger partial charge in [-0.15, -0.1) is 0 Å². The van der Waals surface area contributed by atoms with Gasteiger partial charge in [0.25, 0.3) is 0 Å². The van der Waals surface area contributed by atoms with Gasteiger partial charge in [-0.05, 0) is 86.0 Å². The highest BCUT2D eigenvalue weighted by atomic mass is 16.3. The van der Waals surface area contributed by atoms with Crippen molar-refractivity contribution in [2.45, 2.75) is 104 Å². The highest BCUT2D eigenvalue weighted by Crippen LogP contribution is 2.59. The molecule has 0 aromatic rings. The molecule has 0 heterocycles. The van der Waals surface area contributed by atoms with E-state index in [1.54, 1.807) is 5.57 Å². The number of hydrogen-bond acceptors (Lipinski definition) is 1. The normalized spacial score (nSPS) is 37.6. The van der Waals surface area contributed by atoms with Crippen molar-refractivity contribution in [1.29, 1.82) is 0 Å². The molecule has 3 aliphatic carbocycles. The lowest BCUT2D eigenvalue weighted by Crippen LogP contribution is -2.36. The molecular formula is C27H44O. The first-order valence-electron chi connectivity index (χ1n) is 12.1. The van der Waals surface area contributed by atoms with E-state index < -0.39 is 0 Å². The van der Waals surface area contributed by atoms with Crippen molar-refractivity contribution < 1.29 is 5.11 Å². The van der Waals surface area contributed by atoms with E-state index in [2.05, 4.69) is 46.4 Å². The topological polar surface area (TPSA) is 20.2 Å². The Morgan fingerprint density at radius 1 is 1.11 bits per heavy atom. The second kappa shape index (κ2) is 9.33. The Hall–Kier alpha value is -0.820. The molecule has 0 amide bonds. The SMILES string of the molecule is C=C1CC[C@@H](O)CC1=CC=C1CCCC2(C)C1CCC2[C@@H](C)CCCC(C)C. The molecule has 1 heteroatoms. The fourth-order valence-electron chi connectivity index (χ4n) is 6.66. The van der Waals surface area contributed by atoms with Crippen molar-refractivity contribution >= 4 is 0 Å². The fourth-order valence-corrected chi connectivity index (χ4v) is 6.66. The van der Waals surface area contributed by atoms with E-state index in [9.17, 15) is 5.11 Å². The van der Waals surface area contributed by atoms with Gasteiger partial charge in [-0.25, -0.2) is 0 Å². The molecule has 0 aromatic heterocycles. The van der Waals surface area contributed by atoms with Gasteiger partial charge in [0.05, 0.1) is 6.10 Å². The van der Waals surface area contributed by atoms with Gasteiger partial charge in [-0.3, -0.25) is 0 Å². The van der Waals surface area contributed by atoms with Crippen LogP contribution >= 0.6 is 0 Å². The minimum Gasteiger partial charge on any atom is -0.393 e. The zero-order chi connectivity index (χ0) is 20.3. The van der Waals surface area contributed by atoms with Gasteiger partial charge in [0.15, 0.2) is 0 Å². The van der Waals surface area contributed by atoms with Crippen LogP contribution in [0.15, 0.2) is 35.5 Å². The van der Waals surface area contributed by atoms with Crippen LogP contribution < -0.4 is 0 Å². The summed E-state index contributed by atoms with van der Waals surface area (Å²) in [5.74, 6) is 3.37. The van der Waals surface area contributed by atoms with Crippen molar-refractivity contribution in [3.8, 4) is 0 Å². The molecule has 1 N–H and O–H groups in total. The third-order valence-corrected chi connectivity index (χ3v) is 8.35. The largest absolute Gasteiger partial charge is 0.393 e. The first-order valence-corrected chi connectivity index (χ1v) is 12.1. The molecule has 0 aromatic carbocycles. The summed E-state index contributed by atoms with van der Waals surface area (Å²) in [6, 6.07) is 0. The van der Waals surface area contributed by atoms with Gasteiger partial charge in [0.1, 0.15) is 0 Å². The molecule has 0 aliphatic heterocycles. The molecule has 0 saturated heterocycles. The Kier molecular flexibility index (Phi) is 7.29. The van der Waals surface area contributed by atoms with Crippen LogP contribution in [0.3, 0.4) is 0 Å². The highest BCUT2D eigenvalue weighted by Gasteiger charge is 2.50. The molecule has 0 bridgehead atoms. The maximum absolute atomic E-state index is 10.0. The van der Waals surface area contributed by atoms with Crippen LogP contribution in [0.4, 0.5) is 0 Å². The van der Waals surface area contributed by atoms with Crippen LogP contribution in [0.25, 0.3) is 0 Å². The average Bonchev–Trinajstić information content (AvgIpc) is 2.99. The number of allylic oxidation sites excluding steroid dienone is 4. The summed E-state index contributed by atoms with van der Waals surface area (Å²) in [6.45, 7) is 14.1. The van der Waals surface area contributed by atoms with Gasteiger partial charge in [-0.1, -0.05) is 76.8 Å². The molecule has 3 saturated carbocycles. The molecular weight excluding hydrogens is 340 g/mol. The van der Waals surface area contributed by atoms with Gasteiger partial charge in [0, 0.05) is 0 Å². The summed E-state index contributed by atoms with van der Waals surface area (Å²) in [5.41, 5.74) is 4.72. The van der Waals surface area contributed by atoms with Crippen molar-refractivity contribution in [3.05, 3.63) is 35.5 Å². The van der Waals surface area contributed by atoms with Gasteiger partial charge >= 0.3 is 0 Å². The summed E-state index contributed by atoms with van der Waals surface area (Å²) in [6.07, 6.45) is 18.2. The molecule has 0 spiro atoms. The highest BCUT2D eigenvalue weighted by molar-refractivity contribution is 5.36. The Morgan fingerprint density at radius 3 is 2.64 bits per heavy atom. The first kappa shape index (κ1) is 21.9. The minimum atomic E-state index is -0.172. The van der Waals surface area contributed by atoms with E-state index >= 15 is 0 Å². The van der Waals surface area contributed by atoms with Crippen molar-refractivity contribution in [2.75, 3.05) is 0 Å². The van der Waals surface area contributed by atoms with Crippen LogP contribution in [0.5, 0.6) is 0 Å². The van der Waals surface area contributed by atoms with Gasteiger partial charge in [0.2, 0.25) is 0 Å². The number of hydrogen-bond donors (Lipinski definition) is 1. The zero-order valence-electron chi connectivity index (χ0n) is 19.0. The van der Waals surface area contributed by atoms with E-state index in [0.717, 1.165) is 42.9 Å². The monoisotopic (exact) mass is 384 g/mol. The van der Waals surface area contributed by atoms with Crippen molar-refractivity contribution in [3.63, 3.8) is 0 Å². The predicted octanol–water partition coefficient (Wildman–Crippen LogP) is 7.62. The van der Waals surface area contributed by atoms with E-state index in [4.69, 9.17) is 0 Å². The van der Waals surface area contributed by atoms with Gasteiger partial charge < -0.3 is 5.11 Å². The number of aliphatic hydroxyl groups is 1. The lowest BCUT2D eigenvalue weighted by molar-refractivity contribution is 0.0929. The molecule has 3 rings (SSSR count). The Balaban J connectivity index is 1.70. The van der Waals surface area contributed by atoms with Crippen LogP contribution in [0.2, 0.25) is 0 Å². The Labute approximate surface area is 174 Å². The zero-order valence-corrected chi connectivity index (χ0v) is 19.0. The van der Waals surface area contributed by atoms with Crippen LogP contribution in [-0.2, 0) is 0 Å². The molecule has 1 nitrogen and oxygen atoms in total. The standard InChI is InChI=1S/C27H44O/c1-19(2)8-6-9-21(4)25-15-16-26-22(10-7-17-27(25,26)5)12-13-23-18-24(28)14-11-20(23)3/h12-13,19,21,24-26,28H,3,6-11,14-18H2,1-2,4-5H3/t21-,24+,25?,26?,27?/m0/s1. The molecule has 3 aliphatic rings. The van der Waals surface area contributed by atoms with E-state index in [1.807, 2.05) is 0 Å². The molecule has 5 atom stereocenters. The smallest absolute Gasteiger partial charge is 0.0583 e. The van der Waals surface area contributed by atoms with Crippen molar-refractivity contribution in [2.24, 2.45) is 29.1 Å². The number of aliphatic hydroxyl groups excluding tert-OH is 1. The summed E-state index contributed by atoms with van der Waals surface area (Å²) in [4.78, 5) is 0. The maximum Gasteiger partial charge on any atom is 0.0583 e. The molecule has 28 heavy (non-hydrogen) atoms. The second-order valence-corrected chi connectivity index (χ2v) is 10.8. The lowest BCUT2D eigenvalue weighted by Gasteiger charge is -2.44. The fraction of sp³-hybridized carbons (Fsp3) is 0.778. The van der Waals surface area contributed by atoms with E-state index in [0.29, 0.717) is 5.41 Å². The van der Waals surface area contributed by atoms with Crippen molar-refractivity contribution in [1.82, 2.24) is 0 Å². The third kappa shape index (κ3) is 4.84. The second-order valence-electron chi connectivity index (χ2n) is 10.8. The van der Waals surface area contributed by atoms with Crippen LogP contribution in [0, 0.1) is 29.1 Å². The summed E-state index contributed by atoms with van der Waals surface area (Å²) in [7, 11) is 0. The first-order chi connectivity index (χ1) is 13.3.